The molecule has 1 unspecified atom stereocenters. The fourth-order valence-corrected chi connectivity index (χ4v) is 1.58. The summed E-state index contributed by atoms with van der Waals surface area (Å²) in [5.41, 5.74) is 0.942. The molecule has 0 aliphatic carbocycles. The number of benzene rings is 1. The Hall–Kier alpha value is -1.30. The van der Waals surface area contributed by atoms with Crippen molar-refractivity contribution in [1.82, 2.24) is 0 Å². The monoisotopic (exact) mass is 283 g/mol. The Morgan fingerprint density at radius 3 is 2.45 bits per heavy atom. The van der Waals surface area contributed by atoms with E-state index in [-0.39, 0.29) is 6.10 Å². The van der Waals surface area contributed by atoms with E-state index in [1.807, 2.05) is 38.1 Å². The Bertz CT molecular complexity index is 353. The summed E-state index contributed by atoms with van der Waals surface area (Å²) >= 11 is 0. The fourth-order valence-electron chi connectivity index (χ4n) is 1.58. The number of ether oxygens (including phenoxy) is 3. The SMILES string of the molecule is COCCOCC(O)CNc1ccc(OC(C)C)cc1. The first-order chi connectivity index (χ1) is 9.61. The van der Waals surface area contributed by atoms with Gasteiger partial charge in [0.1, 0.15) is 5.75 Å². The van der Waals surface area contributed by atoms with Gasteiger partial charge < -0.3 is 24.6 Å². The van der Waals surface area contributed by atoms with E-state index < -0.39 is 6.10 Å². The van der Waals surface area contributed by atoms with Crippen LogP contribution >= 0.6 is 0 Å². The van der Waals surface area contributed by atoms with Crippen molar-refractivity contribution in [2.45, 2.75) is 26.1 Å². The predicted octanol–water partition coefficient (Wildman–Crippen LogP) is 1.91. The van der Waals surface area contributed by atoms with Gasteiger partial charge in [-0.25, -0.2) is 0 Å². The van der Waals surface area contributed by atoms with Crippen molar-refractivity contribution in [3.8, 4) is 5.75 Å². The van der Waals surface area contributed by atoms with Crippen LogP contribution in [0.3, 0.4) is 0 Å². The van der Waals surface area contributed by atoms with Gasteiger partial charge in [0.2, 0.25) is 0 Å². The molecular weight excluding hydrogens is 258 g/mol. The maximum absolute atomic E-state index is 9.73. The first-order valence-electron chi connectivity index (χ1n) is 6.87. The molecule has 1 rings (SSSR count). The first-order valence-corrected chi connectivity index (χ1v) is 6.87. The van der Waals surface area contributed by atoms with Crippen LogP contribution in [0.1, 0.15) is 13.8 Å². The van der Waals surface area contributed by atoms with Crippen LogP contribution in [0.4, 0.5) is 5.69 Å². The second kappa shape index (κ2) is 9.58. The number of aliphatic hydroxyl groups excluding tert-OH is 1. The third-order valence-electron chi connectivity index (χ3n) is 2.51. The summed E-state index contributed by atoms with van der Waals surface area (Å²) in [5.74, 6) is 0.842. The predicted molar refractivity (Wildman–Crippen MR) is 79.4 cm³/mol. The topological polar surface area (TPSA) is 60.0 Å². The van der Waals surface area contributed by atoms with Gasteiger partial charge in [-0.2, -0.15) is 0 Å². The number of hydrogen-bond acceptors (Lipinski definition) is 5. The molecule has 0 heterocycles. The van der Waals surface area contributed by atoms with Crippen LogP contribution in [0, 0.1) is 0 Å². The van der Waals surface area contributed by atoms with Crippen LogP contribution in [0.15, 0.2) is 24.3 Å². The minimum atomic E-state index is -0.543. The molecule has 1 aromatic rings. The highest BCUT2D eigenvalue weighted by atomic mass is 16.5. The average molecular weight is 283 g/mol. The lowest BCUT2D eigenvalue weighted by molar-refractivity contribution is 0.0182. The highest BCUT2D eigenvalue weighted by molar-refractivity contribution is 5.46. The van der Waals surface area contributed by atoms with Crippen LogP contribution < -0.4 is 10.1 Å². The van der Waals surface area contributed by atoms with E-state index in [0.717, 1.165) is 11.4 Å². The Labute approximate surface area is 120 Å². The molecule has 1 atom stereocenters. The van der Waals surface area contributed by atoms with E-state index >= 15 is 0 Å². The van der Waals surface area contributed by atoms with Crippen LogP contribution in [-0.4, -0.2) is 50.8 Å². The summed E-state index contributed by atoms with van der Waals surface area (Å²) in [4.78, 5) is 0. The van der Waals surface area contributed by atoms with Gasteiger partial charge >= 0.3 is 0 Å². The van der Waals surface area contributed by atoms with Gasteiger partial charge in [-0.05, 0) is 38.1 Å². The largest absolute Gasteiger partial charge is 0.491 e. The number of hydrogen-bond donors (Lipinski definition) is 2. The molecule has 0 fully saturated rings. The molecule has 0 spiro atoms. The number of rotatable bonds is 10. The highest BCUT2D eigenvalue weighted by Gasteiger charge is 2.04. The second-order valence-electron chi connectivity index (χ2n) is 4.79. The number of methoxy groups -OCH3 is 1. The van der Waals surface area contributed by atoms with Crippen LogP contribution in [0.25, 0.3) is 0 Å². The molecule has 20 heavy (non-hydrogen) atoms. The van der Waals surface area contributed by atoms with E-state index in [2.05, 4.69) is 5.32 Å². The van der Waals surface area contributed by atoms with Crippen LogP contribution in [-0.2, 0) is 9.47 Å². The highest BCUT2D eigenvalue weighted by Crippen LogP contribution is 2.16. The molecule has 5 heteroatoms. The zero-order chi connectivity index (χ0) is 14.8. The minimum Gasteiger partial charge on any atom is -0.491 e. The maximum atomic E-state index is 9.73. The van der Waals surface area contributed by atoms with Crippen molar-refractivity contribution in [3.63, 3.8) is 0 Å². The average Bonchev–Trinajstić information content (AvgIpc) is 2.42. The van der Waals surface area contributed by atoms with Gasteiger partial charge in [0.15, 0.2) is 0 Å². The molecule has 5 nitrogen and oxygen atoms in total. The van der Waals surface area contributed by atoms with Crippen molar-refractivity contribution in [2.24, 2.45) is 0 Å². The molecule has 0 bridgehead atoms. The lowest BCUT2D eigenvalue weighted by Crippen LogP contribution is -2.25. The minimum absolute atomic E-state index is 0.167. The van der Waals surface area contributed by atoms with Crippen molar-refractivity contribution >= 4 is 5.69 Å². The van der Waals surface area contributed by atoms with E-state index in [0.29, 0.717) is 26.4 Å². The number of aliphatic hydroxyl groups is 1. The molecule has 0 saturated carbocycles. The van der Waals surface area contributed by atoms with Crippen molar-refractivity contribution in [2.75, 3.05) is 38.8 Å². The third-order valence-corrected chi connectivity index (χ3v) is 2.51. The Kier molecular flexibility index (Phi) is 8.02. The summed E-state index contributed by atoms with van der Waals surface area (Å²) in [7, 11) is 1.62. The molecule has 0 aliphatic rings. The van der Waals surface area contributed by atoms with Gasteiger partial charge in [0, 0.05) is 19.3 Å². The normalized spacial score (nSPS) is 12.4. The van der Waals surface area contributed by atoms with Crippen molar-refractivity contribution in [1.29, 1.82) is 0 Å². The van der Waals surface area contributed by atoms with Crippen molar-refractivity contribution in [3.05, 3.63) is 24.3 Å². The molecule has 2 N–H and O–H groups in total. The molecule has 0 aliphatic heterocycles. The number of anilines is 1. The smallest absolute Gasteiger partial charge is 0.119 e. The molecule has 0 radical (unpaired) electrons. The lowest BCUT2D eigenvalue weighted by atomic mass is 10.3. The summed E-state index contributed by atoms with van der Waals surface area (Å²) in [6, 6.07) is 7.67. The maximum Gasteiger partial charge on any atom is 0.119 e. The molecular formula is C15H25NO4. The molecule has 0 amide bonds. The summed E-state index contributed by atoms with van der Waals surface area (Å²) in [6.07, 6.45) is -0.377. The van der Waals surface area contributed by atoms with Gasteiger partial charge in [-0.15, -0.1) is 0 Å². The second-order valence-corrected chi connectivity index (χ2v) is 4.79. The Morgan fingerprint density at radius 2 is 1.85 bits per heavy atom. The quantitative estimate of drug-likeness (QED) is 0.642. The van der Waals surface area contributed by atoms with Gasteiger partial charge in [0.25, 0.3) is 0 Å². The fraction of sp³-hybridized carbons (Fsp3) is 0.600. The first kappa shape index (κ1) is 16.8. The standard InChI is InChI=1S/C15H25NO4/c1-12(2)20-15-6-4-13(5-7-15)16-10-14(17)11-19-9-8-18-3/h4-7,12,14,16-17H,8-11H2,1-3H3. The summed E-state index contributed by atoms with van der Waals surface area (Å²) in [5, 5.41) is 12.9. The van der Waals surface area contributed by atoms with Crippen LogP contribution in [0.5, 0.6) is 5.75 Å². The third kappa shape index (κ3) is 7.33. The van der Waals surface area contributed by atoms with Crippen molar-refractivity contribution < 1.29 is 19.3 Å². The van der Waals surface area contributed by atoms with E-state index in [9.17, 15) is 5.11 Å². The van der Waals surface area contributed by atoms with Gasteiger partial charge in [0.05, 0.1) is 32.0 Å². The van der Waals surface area contributed by atoms with E-state index in [1.165, 1.54) is 0 Å². The van der Waals surface area contributed by atoms with Gasteiger partial charge in [-0.3, -0.25) is 0 Å². The van der Waals surface area contributed by atoms with E-state index in [4.69, 9.17) is 14.2 Å². The zero-order valence-electron chi connectivity index (χ0n) is 12.5. The molecule has 0 aromatic heterocycles. The summed E-state index contributed by atoms with van der Waals surface area (Å²) in [6.45, 7) is 5.76. The number of nitrogens with one attached hydrogen (secondary N) is 1. The zero-order valence-corrected chi connectivity index (χ0v) is 12.5. The lowest BCUT2D eigenvalue weighted by Gasteiger charge is -2.14. The van der Waals surface area contributed by atoms with Crippen LogP contribution in [0.2, 0.25) is 0 Å². The van der Waals surface area contributed by atoms with Gasteiger partial charge in [-0.1, -0.05) is 0 Å². The van der Waals surface area contributed by atoms with E-state index in [1.54, 1.807) is 7.11 Å². The molecule has 0 saturated heterocycles. The molecule has 1 aromatic carbocycles. The summed E-state index contributed by atoms with van der Waals surface area (Å²) < 4.78 is 15.7. The Morgan fingerprint density at radius 1 is 1.15 bits per heavy atom. The molecule has 114 valence electrons. The Balaban J connectivity index is 2.23.